The van der Waals surface area contributed by atoms with Crippen LogP contribution >= 0.6 is 11.6 Å². The lowest BCUT2D eigenvalue weighted by Gasteiger charge is -2.17. The van der Waals surface area contributed by atoms with Gasteiger partial charge in [-0.05, 0) is 54.0 Å². The molecule has 25 heavy (non-hydrogen) atoms. The molecule has 0 unspecified atom stereocenters. The standard InChI is InChI=1S/C18H16ClNO4S/c1-24-18(21)15-4-7-17-14(12-15)8-10-20(17)25(22,23)11-9-13-2-5-16(19)6-3-13/h2-7,9,11-12H,8,10H2,1H3/b11-9+. The Kier molecular flexibility index (Phi) is 4.83. The van der Waals surface area contributed by atoms with Gasteiger partial charge in [0.15, 0.2) is 0 Å². The van der Waals surface area contributed by atoms with Crippen LogP contribution in [0, 0.1) is 0 Å². The van der Waals surface area contributed by atoms with E-state index < -0.39 is 16.0 Å². The maximum Gasteiger partial charge on any atom is 0.337 e. The van der Waals surface area contributed by atoms with Gasteiger partial charge >= 0.3 is 5.97 Å². The van der Waals surface area contributed by atoms with Crippen molar-refractivity contribution < 1.29 is 17.9 Å². The lowest BCUT2D eigenvalue weighted by Crippen LogP contribution is -2.26. The molecule has 0 saturated carbocycles. The van der Waals surface area contributed by atoms with E-state index in [1.807, 2.05) is 0 Å². The number of hydrogen-bond acceptors (Lipinski definition) is 4. The summed E-state index contributed by atoms with van der Waals surface area (Å²) >= 11 is 5.82. The molecule has 0 saturated heterocycles. The molecular formula is C18H16ClNO4S. The smallest absolute Gasteiger partial charge is 0.337 e. The summed E-state index contributed by atoms with van der Waals surface area (Å²) in [5, 5.41) is 1.77. The van der Waals surface area contributed by atoms with Crippen molar-refractivity contribution >= 4 is 39.4 Å². The molecule has 1 aliphatic heterocycles. The molecule has 0 atom stereocenters. The van der Waals surface area contributed by atoms with Crippen molar-refractivity contribution in [2.45, 2.75) is 6.42 Å². The third-order valence-corrected chi connectivity index (χ3v) is 5.69. The van der Waals surface area contributed by atoms with Crippen molar-refractivity contribution in [3.05, 3.63) is 69.6 Å². The van der Waals surface area contributed by atoms with Gasteiger partial charge in [0, 0.05) is 11.6 Å². The van der Waals surface area contributed by atoms with E-state index in [0.29, 0.717) is 29.2 Å². The number of benzene rings is 2. The Morgan fingerprint density at radius 3 is 2.60 bits per heavy atom. The number of fused-ring (bicyclic) bond motifs is 1. The van der Waals surface area contributed by atoms with E-state index in [2.05, 4.69) is 0 Å². The van der Waals surface area contributed by atoms with Crippen molar-refractivity contribution in [1.29, 1.82) is 0 Å². The Hall–Kier alpha value is -2.31. The Morgan fingerprint density at radius 2 is 1.92 bits per heavy atom. The molecule has 3 rings (SSSR count). The molecule has 0 spiro atoms. The first kappa shape index (κ1) is 17.5. The van der Waals surface area contributed by atoms with Crippen LogP contribution in [0.5, 0.6) is 0 Å². The molecule has 2 aromatic rings. The van der Waals surface area contributed by atoms with E-state index in [4.69, 9.17) is 16.3 Å². The van der Waals surface area contributed by atoms with E-state index in [1.54, 1.807) is 42.5 Å². The van der Waals surface area contributed by atoms with Gasteiger partial charge in [0.25, 0.3) is 10.0 Å². The monoisotopic (exact) mass is 377 g/mol. The molecule has 1 aliphatic rings. The Labute approximate surface area is 151 Å². The van der Waals surface area contributed by atoms with Crippen LogP contribution in [0.25, 0.3) is 6.08 Å². The summed E-state index contributed by atoms with van der Waals surface area (Å²) in [6.45, 7) is 0.341. The van der Waals surface area contributed by atoms with Crippen LogP contribution in [-0.2, 0) is 21.2 Å². The second-order valence-corrected chi connectivity index (χ2v) is 7.74. The fourth-order valence-corrected chi connectivity index (χ4v) is 4.09. The van der Waals surface area contributed by atoms with Crippen molar-refractivity contribution in [3.63, 3.8) is 0 Å². The van der Waals surface area contributed by atoms with Crippen molar-refractivity contribution in [1.82, 2.24) is 0 Å². The molecule has 130 valence electrons. The highest BCUT2D eigenvalue weighted by Gasteiger charge is 2.28. The number of rotatable bonds is 4. The van der Waals surface area contributed by atoms with Crippen molar-refractivity contribution in [2.75, 3.05) is 18.0 Å². The number of carbonyl (C=O) groups is 1. The van der Waals surface area contributed by atoms with Gasteiger partial charge in [-0.25, -0.2) is 13.2 Å². The van der Waals surface area contributed by atoms with E-state index in [0.717, 1.165) is 11.1 Å². The van der Waals surface area contributed by atoms with Gasteiger partial charge in [-0.3, -0.25) is 4.31 Å². The normalized spacial score (nSPS) is 13.9. The van der Waals surface area contributed by atoms with Gasteiger partial charge in [0.05, 0.1) is 23.8 Å². The quantitative estimate of drug-likeness (QED) is 0.765. The third-order valence-electron chi connectivity index (χ3n) is 3.96. The first-order valence-corrected chi connectivity index (χ1v) is 9.46. The van der Waals surface area contributed by atoms with Gasteiger partial charge < -0.3 is 4.74 Å². The van der Waals surface area contributed by atoms with E-state index in [1.165, 1.54) is 22.9 Å². The van der Waals surface area contributed by atoms with Crippen LogP contribution in [0.4, 0.5) is 5.69 Å². The van der Waals surface area contributed by atoms with E-state index >= 15 is 0 Å². The second-order valence-electron chi connectivity index (χ2n) is 5.56. The maximum atomic E-state index is 12.6. The molecule has 0 N–H and O–H groups in total. The zero-order valence-electron chi connectivity index (χ0n) is 13.5. The number of anilines is 1. The summed E-state index contributed by atoms with van der Waals surface area (Å²) in [4.78, 5) is 11.6. The molecular weight excluding hydrogens is 362 g/mol. The number of carbonyl (C=O) groups excluding carboxylic acids is 1. The van der Waals surface area contributed by atoms with Gasteiger partial charge in [0.2, 0.25) is 0 Å². The minimum absolute atomic E-state index is 0.341. The van der Waals surface area contributed by atoms with E-state index in [9.17, 15) is 13.2 Å². The van der Waals surface area contributed by atoms with Crippen LogP contribution in [0.2, 0.25) is 5.02 Å². The first-order valence-electron chi connectivity index (χ1n) is 7.58. The molecule has 2 aromatic carbocycles. The molecule has 0 fully saturated rings. The number of ether oxygens (including phenoxy) is 1. The van der Waals surface area contributed by atoms with Crippen molar-refractivity contribution in [3.8, 4) is 0 Å². The van der Waals surface area contributed by atoms with Gasteiger partial charge in [0.1, 0.15) is 0 Å². The Balaban J connectivity index is 1.86. The summed E-state index contributed by atoms with van der Waals surface area (Å²) in [5.41, 5.74) is 2.56. The van der Waals surface area contributed by atoms with Gasteiger partial charge in [-0.2, -0.15) is 0 Å². The Bertz CT molecular complexity index is 936. The number of nitrogens with zero attached hydrogens (tertiary/aromatic N) is 1. The van der Waals surface area contributed by atoms with Crippen LogP contribution < -0.4 is 4.31 Å². The fourth-order valence-electron chi connectivity index (χ4n) is 2.69. The predicted octanol–water partition coefficient (Wildman–Crippen LogP) is 3.49. The lowest BCUT2D eigenvalue weighted by atomic mass is 10.1. The molecule has 7 heteroatoms. The molecule has 5 nitrogen and oxygen atoms in total. The zero-order valence-corrected chi connectivity index (χ0v) is 15.0. The molecule has 0 aliphatic carbocycles. The maximum absolute atomic E-state index is 12.6. The number of sulfonamides is 1. The van der Waals surface area contributed by atoms with Gasteiger partial charge in [-0.15, -0.1) is 0 Å². The van der Waals surface area contributed by atoms with Crippen LogP contribution in [0.1, 0.15) is 21.5 Å². The minimum Gasteiger partial charge on any atom is -0.465 e. The van der Waals surface area contributed by atoms with Crippen LogP contribution in [0.3, 0.4) is 0 Å². The minimum atomic E-state index is -3.62. The Morgan fingerprint density at radius 1 is 1.20 bits per heavy atom. The van der Waals surface area contributed by atoms with E-state index in [-0.39, 0.29) is 0 Å². The molecule has 0 bridgehead atoms. The highest BCUT2D eigenvalue weighted by molar-refractivity contribution is 7.95. The molecule has 0 amide bonds. The average molecular weight is 378 g/mol. The molecule has 0 radical (unpaired) electrons. The number of halogens is 1. The second kappa shape index (κ2) is 6.90. The zero-order chi connectivity index (χ0) is 18.0. The highest BCUT2D eigenvalue weighted by atomic mass is 35.5. The summed E-state index contributed by atoms with van der Waals surface area (Å²) < 4.78 is 31.3. The summed E-state index contributed by atoms with van der Waals surface area (Å²) in [7, 11) is -2.30. The summed E-state index contributed by atoms with van der Waals surface area (Å²) in [6.07, 6.45) is 2.08. The lowest BCUT2D eigenvalue weighted by molar-refractivity contribution is 0.0600. The predicted molar refractivity (Wildman–Crippen MR) is 98.2 cm³/mol. The van der Waals surface area contributed by atoms with Crippen LogP contribution in [0.15, 0.2) is 47.9 Å². The van der Waals surface area contributed by atoms with Crippen molar-refractivity contribution in [2.24, 2.45) is 0 Å². The number of methoxy groups -OCH3 is 1. The third kappa shape index (κ3) is 3.70. The van der Waals surface area contributed by atoms with Gasteiger partial charge in [-0.1, -0.05) is 23.7 Å². The molecule has 0 aromatic heterocycles. The molecule has 1 heterocycles. The number of hydrogen-bond donors (Lipinski definition) is 0. The largest absolute Gasteiger partial charge is 0.465 e. The summed E-state index contributed by atoms with van der Waals surface area (Å²) in [5.74, 6) is -0.438. The van der Waals surface area contributed by atoms with Crippen LogP contribution in [-0.4, -0.2) is 28.0 Å². The fraction of sp³-hybridized carbons (Fsp3) is 0.167. The average Bonchev–Trinajstić information content (AvgIpc) is 3.04. The topological polar surface area (TPSA) is 63.7 Å². The SMILES string of the molecule is COC(=O)c1ccc2c(c1)CCN2S(=O)(=O)/C=C/c1ccc(Cl)cc1. The first-order chi connectivity index (χ1) is 11.9. The highest BCUT2D eigenvalue weighted by Crippen LogP contribution is 2.32. The summed E-state index contributed by atoms with van der Waals surface area (Å²) in [6, 6.07) is 11.8. The number of esters is 1.